The molecule has 19 heavy (non-hydrogen) atoms. The van der Waals surface area contributed by atoms with Gasteiger partial charge in [0.2, 0.25) is 0 Å². The third kappa shape index (κ3) is 3.38. The van der Waals surface area contributed by atoms with Gasteiger partial charge in [0.25, 0.3) is 0 Å². The highest BCUT2D eigenvalue weighted by Gasteiger charge is 2.11. The maximum absolute atomic E-state index is 9.50. The molecule has 0 amide bonds. The smallest absolute Gasteiger partial charge is 0.0696 e. The van der Waals surface area contributed by atoms with Crippen LogP contribution in [0.4, 0.5) is 0 Å². The molecule has 2 rings (SSSR count). The van der Waals surface area contributed by atoms with Crippen LogP contribution in [0.5, 0.6) is 0 Å². The molecule has 0 bridgehead atoms. The zero-order chi connectivity index (χ0) is 13.8. The molecule has 2 aromatic carbocycles. The minimum absolute atomic E-state index is 0.0104. The van der Waals surface area contributed by atoms with E-state index in [9.17, 15) is 5.11 Å². The number of hydrogen-bond acceptors (Lipinski definition) is 1. The molecule has 0 radical (unpaired) electrons. The third-order valence-electron chi connectivity index (χ3n) is 3.29. The van der Waals surface area contributed by atoms with Crippen molar-refractivity contribution >= 4 is 27.5 Å². The van der Waals surface area contributed by atoms with E-state index >= 15 is 0 Å². The molecule has 0 aliphatic heterocycles. The summed E-state index contributed by atoms with van der Waals surface area (Å²) in [6.07, 6.45) is 1.78. The van der Waals surface area contributed by atoms with Crippen LogP contribution in [0, 0.1) is 0 Å². The van der Waals surface area contributed by atoms with E-state index in [-0.39, 0.29) is 6.61 Å². The topological polar surface area (TPSA) is 20.2 Å². The fraction of sp³-hybridized carbons (Fsp3) is 0.250. The SMILES string of the molecule is CCc1ccc(Cc2c(Cl)ccc(Br)c2CO)cc1. The number of aliphatic hydroxyl groups is 1. The Morgan fingerprint density at radius 2 is 1.63 bits per heavy atom. The lowest BCUT2D eigenvalue weighted by molar-refractivity contribution is 0.280. The lowest BCUT2D eigenvalue weighted by atomic mass is 9.99. The molecule has 0 saturated heterocycles. The quantitative estimate of drug-likeness (QED) is 0.852. The Morgan fingerprint density at radius 1 is 1.00 bits per heavy atom. The van der Waals surface area contributed by atoms with Gasteiger partial charge in [0, 0.05) is 9.50 Å². The summed E-state index contributed by atoms with van der Waals surface area (Å²) in [5.41, 5.74) is 4.38. The minimum Gasteiger partial charge on any atom is -0.392 e. The van der Waals surface area contributed by atoms with E-state index in [4.69, 9.17) is 11.6 Å². The monoisotopic (exact) mass is 338 g/mol. The Bertz CT molecular complexity index is 564. The van der Waals surface area contributed by atoms with E-state index in [1.807, 2.05) is 12.1 Å². The second-order valence-corrected chi connectivity index (χ2v) is 5.75. The van der Waals surface area contributed by atoms with E-state index in [2.05, 4.69) is 47.1 Å². The van der Waals surface area contributed by atoms with Gasteiger partial charge in [-0.05, 0) is 47.2 Å². The summed E-state index contributed by atoms with van der Waals surface area (Å²) in [6.45, 7) is 2.13. The van der Waals surface area contributed by atoms with Gasteiger partial charge in [-0.3, -0.25) is 0 Å². The summed E-state index contributed by atoms with van der Waals surface area (Å²) in [5.74, 6) is 0. The molecular weight excluding hydrogens is 324 g/mol. The number of aryl methyl sites for hydroxylation is 1. The number of benzene rings is 2. The molecule has 0 saturated carbocycles. The zero-order valence-corrected chi connectivity index (χ0v) is 13.1. The van der Waals surface area contributed by atoms with Crippen molar-refractivity contribution in [3.05, 3.63) is 68.1 Å². The van der Waals surface area contributed by atoms with Crippen LogP contribution in [0.2, 0.25) is 5.02 Å². The second-order valence-electron chi connectivity index (χ2n) is 4.49. The van der Waals surface area contributed by atoms with Gasteiger partial charge in [0.05, 0.1) is 6.61 Å². The number of aliphatic hydroxyl groups excluding tert-OH is 1. The third-order valence-corrected chi connectivity index (χ3v) is 4.38. The van der Waals surface area contributed by atoms with E-state index in [1.165, 1.54) is 11.1 Å². The van der Waals surface area contributed by atoms with E-state index in [0.29, 0.717) is 5.02 Å². The van der Waals surface area contributed by atoms with Gasteiger partial charge in [0.15, 0.2) is 0 Å². The first-order chi connectivity index (χ1) is 9.15. The molecule has 0 heterocycles. The highest BCUT2D eigenvalue weighted by Crippen LogP contribution is 2.29. The van der Waals surface area contributed by atoms with Crippen LogP contribution in [-0.4, -0.2) is 5.11 Å². The molecule has 0 aliphatic rings. The molecular formula is C16H16BrClO. The first-order valence-corrected chi connectivity index (χ1v) is 7.47. The van der Waals surface area contributed by atoms with Crippen molar-refractivity contribution in [3.63, 3.8) is 0 Å². The summed E-state index contributed by atoms with van der Waals surface area (Å²) < 4.78 is 0.902. The molecule has 1 nitrogen and oxygen atoms in total. The van der Waals surface area contributed by atoms with E-state index < -0.39 is 0 Å². The maximum atomic E-state index is 9.50. The van der Waals surface area contributed by atoms with Crippen LogP contribution in [0.1, 0.15) is 29.2 Å². The van der Waals surface area contributed by atoms with Crippen molar-refractivity contribution < 1.29 is 5.11 Å². The van der Waals surface area contributed by atoms with Crippen molar-refractivity contribution in [1.82, 2.24) is 0 Å². The van der Waals surface area contributed by atoms with Crippen molar-refractivity contribution in [2.24, 2.45) is 0 Å². The Hall–Kier alpha value is -0.830. The van der Waals surface area contributed by atoms with Crippen LogP contribution >= 0.6 is 27.5 Å². The Kier molecular flexibility index (Phi) is 5.03. The lowest BCUT2D eigenvalue weighted by Gasteiger charge is -2.12. The normalized spacial score (nSPS) is 10.7. The zero-order valence-electron chi connectivity index (χ0n) is 10.8. The van der Waals surface area contributed by atoms with Crippen LogP contribution in [0.15, 0.2) is 40.9 Å². The number of rotatable bonds is 4. The van der Waals surface area contributed by atoms with Gasteiger partial charge in [-0.25, -0.2) is 0 Å². The first kappa shape index (κ1) is 14.6. The van der Waals surface area contributed by atoms with Gasteiger partial charge in [-0.15, -0.1) is 0 Å². The molecule has 3 heteroatoms. The maximum Gasteiger partial charge on any atom is 0.0696 e. The molecule has 0 spiro atoms. The highest BCUT2D eigenvalue weighted by molar-refractivity contribution is 9.10. The van der Waals surface area contributed by atoms with Crippen molar-refractivity contribution in [1.29, 1.82) is 0 Å². The molecule has 100 valence electrons. The first-order valence-electron chi connectivity index (χ1n) is 6.30. The standard InChI is InChI=1S/C16H16BrClO/c1-2-11-3-5-12(6-4-11)9-13-14(10-19)15(17)7-8-16(13)18/h3-8,19H,2,9-10H2,1H3. The fourth-order valence-corrected chi connectivity index (χ4v) is 2.84. The van der Waals surface area contributed by atoms with Gasteiger partial charge in [-0.1, -0.05) is 58.7 Å². The lowest BCUT2D eigenvalue weighted by Crippen LogP contribution is -1.98. The van der Waals surface area contributed by atoms with Crippen molar-refractivity contribution in [2.45, 2.75) is 26.4 Å². The summed E-state index contributed by atoms with van der Waals surface area (Å²) in [6, 6.07) is 12.3. The Balaban J connectivity index is 2.34. The largest absolute Gasteiger partial charge is 0.392 e. The van der Waals surface area contributed by atoms with Crippen LogP contribution in [0.25, 0.3) is 0 Å². The molecule has 0 atom stereocenters. The summed E-state index contributed by atoms with van der Waals surface area (Å²) in [7, 11) is 0. The molecule has 0 aliphatic carbocycles. The van der Waals surface area contributed by atoms with Crippen LogP contribution in [0.3, 0.4) is 0 Å². The molecule has 1 N–H and O–H groups in total. The van der Waals surface area contributed by atoms with E-state index in [0.717, 1.165) is 28.4 Å². The van der Waals surface area contributed by atoms with Crippen molar-refractivity contribution in [2.75, 3.05) is 0 Å². The Labute approximate surface area is 127 Å². The number of hydrogen-bond donors (Lipinski definition) is 1. The molecule has 0 aromatic heterocycles. The van der Waals surface area contributed by atoms with Crippen LogP contribution in [-0.2, 0) is 19.4 Å². The van der Waals surface area contributed by atoms with E-state index in [1.54, 1.807) is 0 Å². The molecule has 0 unspecified atom stereocenters. The van der Waals surface area contributed by atoms with Gasteiger partial charge in [-0.2, -0.15) is 0 Å². The summed E-state index contributed by atoms with van der Waals surface area (Å²) >= 11 is 9.72. The van der Waals surface area contributed by atoms with Gasteiger partial charge < -0.3 is 5.11 Å². The summed E-state index contributed by atoms with van der Waals surface area (Å²) in [4.78, 5) is 0. The highest BCUT2D eigenvalue weighted by atomic mass is 79.9. The Morgan fingerprint density at radius 3 is 2.21 bits per heavy atom. The van der Waals surface area contributed by atoms with Crippen LogP contribution < -0.4 is 0 Å². The predicted molar refractivity (Wildman–Crippen MR) is 83.7 cm³/mol. The second kappa shape index (κ2) is 6.56. The number of halogens is 2. The summed E-state index contributed by atoms with van der Waals surface area (Å²) in [5, 5.41) is 10.2. The fourth-order valence-electron chi connectivity index (χ4n) is 2.09. The molecule has 2 aromatic rings. The van der Waals surface area contributed by atoms with Crippen molar-refractivity contribution in [3.8, 4) is 0 Å². The van der Waals surface area contributed by atoms with Gasteiger partial charge >= 0.3 is 0 Å². The van der Waals surface area contributed by atoms with Gasteiger partial charge in [0.1, 0.15) is 0 Å². The predicted octanol–water partition coefficient (Wildman–Crippen LogP) is 4.75. The average molecular weight is 340 g/mol. The molecule has 0 fully saturated rings. The minimum atomic E-state index is -0.0104. The average Bonchev–Trinajstić information content (AvgIpc) is 2.44.